The average Bonchev–Trinajstić information content (AvgIpc) is 2.98. The third-order valence-electron chi connectivity index (χ3n) is 3.06. The Morgan fingerprint density at radius 1 is 1.00 bits per heavy atom. The Balaban J connectivity index is 1.75. The number of aromatic nitrogens is 2. The van der Waals surface area contributed by atoms with Crippen LogP contribution in [0.25, 0.3) is 0 Å². The first-order valence-electron chi connectivity index (χ1n) is 6.48. The second kappa shape index (κ2) is 6.69. The molecule has 5 heteroatoms. The minimum atomic E-state index is -0.234. The lowest BCUT2D eigenvalue weighted by atomic mass is 10.1. The molecule has 21 heavy (non-hydrogen) atoms. The van der Waals surface area contributed by atoms with Crippen molar-refractivity contribution in [2.24, 2.45) is 0 Å². The van der Waals surface area contributed by atoms with Gasteiger partial charge < -0.3 is 0 Å². The molecule has 0 aliphatic heterocycles. The summed E-state index contributed by atoms with van der Waals surface area (Å²) >= 11 is 11.5. The molecule has 0 spiro atoms. The molecular formula is C16H12BrClN2S. The van der Waals surface area contributed by atoms with Crippen LogP contribution in [0.3, 0.4) is 0 Å². The summed E-state index contributed by atoms with van der Waals surface area (Å²) in [7, 11) is 0. The van der Waals surface area contributed by atoms with E-state index in [0.717, 1.165) is 26.5 Å². The fraction of sp³-hybridized carbons (Fsp3) is 0.125. The van der Waals surface area contributed by atoms with Gasteiger partial charge in [-0.2, -0.15) is 0 Å². The molecule has 3 rings (SSSR count). The van der Waals surface area contributed by atoms with Crippen LogP contribution in [-0.4, -0.2) is 10.2 Å². The molecule has 0 N–H and O–H groups in total. The van der Waals surface area contributed by atoms with Crippen molar-refractivity contribution in [2.45, 2.75) is 11.8 Å². The van der Waals surface area contributed by atoms with Crippen LogP contribution in [0.15, 0.2) is 59.1 Å². The largest absolute Gasteiger partial charge is 0.143 e. The van der Waals surface area contributed by atoms with Gasteiger partial charge in [0.2, 0.25) is 0 Å². The lowest BCUT2D eigenvalue weighted by Crippen LogP contribution is -1.91. The summed E-state index contributed by atoms with van der Waals surface area (Å²) in [4.78, 5) is 0. The van der Waals surface area contributed by atoms with E-state index in [1.54, 1.807) is 11.3 Å². The maximum Gasteiger partial charge on any atom is 0.139 e. The van der Waals surface area contributed by atoms with Gasteiger partial charge in [-0.1, -0.05) is 69.7 Å². The molecule has 1 unspecified atom stereocenters. The Hall–Kier alpha value is -1.23. The highest BCUT2D eigenvalue weighted by atomic mass is 79.9. The van der Waals surface area contributed by atoms with E-state index in [0.29, 0.717) is 0 Å². The van der Waals surface area contributed by atoms with E-state index in [1.165, 1.54) is 5.56 Å². The van der Waals surface area contributed by atoms with Gasteiger partial charge in [0, 0.05) is 10.9 Å². The van der Waals surface area contributed by atoms with Crippen molar-refractivity contribution in [2.75, 3.05) is 0 Å². The molecule has 0 bridgehead atoms. The molecule has 0 aliphatic carbocycles. The number of hydrogen-bond donors (Lipinski definition) is 0. The Kier molecular flexibility index (Phi) is 4.68. The zero-order valence-corrected chi connectivity index (χ0v) is 14.2. The van der Waals surface area contributed by atoms with Crippen molar-refractivity contribution in [1.82, 2.24) is 10.2 Å². The summed E-state index contributed by atoms with van der Waals surface area (Å²) < 4.78 is 1.08. The van der Waals surface area contributed by atoms with Crippen molar-refractivity contribution < 1.29 is 0 Å². The standard InChI is InChI=1S/C16H12BrClN2S/c17-13-8-6-11(7-9-13)10-14-19-20-16(21-14)15(18)12-4-2-1-3-5-12/h1-9,15H,10H2. The third-order valence-corrected chi connectivity index (χ3v) is 5.16. The molecule has 2 aromatic carbocycles. The molecule has 0 saturated carbocycles. The maximum atomic E-state index is 6.47. The minimum absolute atomic E-state index is 0.234. The normalized spacial score (nSPS) is 12.3. The van der Waals surface area contributed by atoms with Gasteiger partial charge in [-0.3, -0.25) is 0 Å². The second-order valence-corrected chi connectivity index (χ2v) is 7.06. The maximum absolute atomic E-state index is 6.47. The van der Waals surface area contributed by atoms with Crippen LogP contribution in [0.1, 0.15) is 26.5 Å². The van der Waals surface area contributed by atoms with Crippen LogP contribution in [0.5, 0.6) is 0 Å². The lowest BCUT2D eigenvalue weighted by molar-refractivity contribution is 0.947. The molecule has 1 heterocycles. The SMILES string of the molecule is ClC(c1ccccc1)c1nnc(Cc2ccc(Br)cc2)s1. The number of rotatable bonds is 4. The van der Waals surface area contributed by atoms with E-state index in [2.05, 4.69) is 38.3 Å². The third kappa shape index (κ3) is 3.70. The Bertz CT molecular complexity index is 713. The first kappa shape index (κ1) is 14.7. The number of halogens is 2. The molecule has 0 aliphatic rings. The summed E-state index contributed by atoms with van der Waals surface area (Å²) in [5, 5.41) is 10.1. The molecular weight excluding hydrogens is 368 g/mol. The van der Waals surface area contributed by atoms with E-state index in [9.17, 15) is 0 Å². The van der Waals surface area contributed by atoms with Gasteiger partial charge in [0.25, 0.3) is 0 Å². The van der Waals surface area contributed by atoms with Crippen LogP contribution < -0.4 is 0 Å². The number of nitrogens with zero attached hydrogens (tertiary/aromatic N) is 2. The summed E-state index contributed by atoms with van der Waals surface area (Å²) in [6.07, 6.45) is 0.781. The molecule has 0 radical (unpaired) electrons. The zero-order valence-electron chi connectivity index (χ0n) is 11.0. The van der Waals surface area contributed by atoms with Crippen molar-refractivity contribution in [3.63, 3.8) is 0 Å². The molecule has 1 aromatic heterocycles. The topological polar surface area (TPSA) is 25.8 Å². The fourth-order valence-corrected chi connectivity index (χ4v) is 3.45. The highest BCUT2D eigenvalue weighted by Crippen LogP contribution is 2.31. The van der Waals surface area contributed by atoms with Gasteiger partial charge in [-0.25, -0.2) is 0 Å². The van der Waals surface area contributed by atoms with E-state index in [-0.39, 0.29) is 5.38 Å². The number of benzene rings is 2. The zero-order chi connectivity index (χ0) is 14.7. The van der Waals surface area contributed by atoms with Crippen molar-refractivity contribution in [3.05, 3.63) is 80.2 Å². The van der Waals surface area contributed by atoms with Gasteiger partial charge >= 0.3 is 0 Å². The van der Waals surface area contributed by atoms with Gasteiger partial charge in [0.1, 0.15) is 15.4 Å². The van der Waals surface area contributed by atoms with Crippen LogP contribution in [0.4, 0.5) is 0 Å². The van der Waals surface area contributed by atoms with Crippen LogP contribution >= 0.6 is 38.9 Å². The molecule has 1 atom stereocenters. The first-order chi connectivity index (χ1) is 10.2. The van der Waals surface area contributed by atoms with E-state index < -0.39 is 0 Å². The monoisotopic (exact) mass is 378 g/mol. The Labute approximate surface area is 140 Å². The van der Waals surface area contributed by atoms with Gasteiger partial charge in [0.15, 0.2) is 0 Å². The smallest absolute Gasteiger partial charge is 0.139 e. The molecule has 0 amide bonds. The van der Waals surface area contributed by atoms with Crippen LogP contribution in [-0.2, 0) is 6.42 Å². The highest BCUT2D eigenvalue weighted by Gasteiger charge is 2.16. The van der Waals surface area contributed by atoms with Gasteiger partial charge in [-0.15, -0.1) is 21.8 Å². The molecule has 0 fully saturated rings. The first-order valence-corrected chi connectivity index (χ1v) is 8.53. The molecule has 2 nitrogen and oxygen atoms in total. The van der Waals surface area contributed by atoms with E-state index in [4.69, 9.17) is 11.6 Å². The minimum Gasteiger partial charge on any atom is -0.143 e. The number of alkyl halides is 1. The summed E-state index contributed by atoms with van der Waals surface area (Å²) in [5.74, 6) is 0. The molecule has 106 valence electrons. The van der Waals surface area contributed by atoms with Crippen LogP contribution in [0.2, 0.25) is 0 Å². The van der Waals surface area contributed by atoms with Crippen molar-refractivity contribution in [1.29, 1.82) is 0 Å². The summed E-state index contributed by atoms with van der Waals surface area (Å²) in [5.41, 5.74) is 2.26. The van der Waals surface area contributed by atoms with Crippen LogP contribution in [0, 0.1) is 0 Å². The predicted octanol–water partition coefficient (Wildman–Crippen LogP) is 5.22. The predicted molar refractivity (Wildman–Crippen MR) is 91.0 cm³/mol. The van der Waals surface area contributed by atoms with Gasteiger partial charge in [0.05, 0.1) is 0 Å². The highest BCUT2D eigenvalue weighted by molar-refractivity contribution is 9.10. The fourth-order valence-electron chi connectivity index (χ4n) is 1.98. The summed E-state index contributed by atoms with van der Waals surface area (Å²) in [6, 6.07) is 18.2. The van der Waals surface area contributed by atoms with E-state index in [1.807, 2.05) is 42.5 Å². The Morgan fingerprint density at radius 3 is 2.43 bits per heavy atom. The van der Waals surface area contributed by atoms with Crippen molar-refractivity contribution in [3.8, 4) is 0 Å². The van der Waals surface area contributed by atoms with Crippen molar-refractivity contribution >= 4 is 38.9 Å². The Morgan fingerprint density at radius 2 is 1.71 bits per heavy atom. The van der Waals surface area contributed by atoms with E-state index >= 15 is 0 Å². The molecule has 0 saturated heterocycles. The molecule has 3 aromatic rings. The number of hydrogen-bond acceptors (Lipinski definition) is 3. The van der Waals surface area contributed by atoms with Gasteiger partial charge in [-0.05, 0) is 23.3 Å². The summed E-state index contributed by atoms with van der Waals surface area (Å²) in [6.45, 7) is 0. The lowest BCUT2D eigenvalue weighted by Gasteiger charge is -2.04. The average molecular weight is 380 g/mol. The second-order valence-electron chi connectivity index (χ2n) is 4.61. The quantitative estimate of drug-likeness (QED) is 0.581.